The predicted octanol–water partition coefficient (Wildman–Crippen LogP) is 1.28. The lowest BCUT2D eigenvalue weighted by atomic mass is 10.3. The molecule has 0 aliphatic heterocycles. The number of carbonyl (C=O) groups is 1. The zero-order valence-electron chi connectivity index (χ0n) is 11.8. The lowest BCUT2D eigenvalue weighted by Crippen LogP contribution is -2.38. The minimum absolute atomic E-state index is 0.0143. The molecular weight excluding hydrogens is 322 g/mol. The highest BCUT2D eigenvalue weighted by Crippen LogP contribution is 2.25. The summed E-state index contributed by atoms with van der Waals surface area (Å²) in [6, 6.07) is 12.3. The van der Waals surface area contributed by atoms with Crippen molar-refractivity contribution < 1.29 is 18.1 Å². The molecule has 0 aliphatic rings. The van der Waals surface area contributed by atoms with E-state index in [0.29, 0.717) is 0 Å². The summed E-state index contributed by atoms with van der Waals surface area (Å²) in [5.74, 6) is -0.845. The third-order valence-electron chi connectivity index (χ3n) is 2.98. The van der Waals surface area contributed by atoms with Crippen molar-refractivity contribution in [3.05, 3.63) is 64.7 Å². The van der Waals surface area contributed by atoms with Crippen LogP contribution in [-0.2, 0) is 14.8 Å². The fraction of sp³-hybridized carbons (Fsp3) is 0.0714. The smallest absolute Gasteiger partial charge is 0.269 e. The van der Waals surface area contributed by atoms with Crippen molar-refractivity contribution in [1.29, 1.82) is 0 Å². The van der Waals surface area contributed by atoms with E-state index in [1.165, 1.54) is 24.3 Å². The molecular formula is C14H13N3O5S. The quantitative estimate of drug-likeness (QED) is 0.629. The molecule has 2 rings (SSSR count). The van der Waals surface area contributed by atoms with Crippen molar-refractivity contribution in [1.82, 2.24) is 0 Å². The van der Waals surface area contributed by atoms with E-state index >= 15 is 0 Å². The number of benzene rings is 2. The Bertz CT molecular complexity index is 819. The number of hydrogen-bond acceptors (Lipinski definition) is 5. The second kappa shape index (κ2) is 6.44. The van der Waals surface area contributed by atoms with E-state index in [1.54, 1.807) is 18.2 Å². The molecule has 0 aliphatic carbocycles. The number of carbonyl (C=O) groups excluding carboxylic acids is 1. The van der Waals surface area contributed by atoms with E-state index in [4.69, 9.17) is 5.73 Å². The molecule has 0 fully saturated rings. The molecule has 9 heteroatoms. The van der Waals surface area contributed by atoms with Crippen LogP contribution in [0.2, 0.25) is 0 Å². The summed E-state index contributed by atoms with van der Waals surface area (Å²) in [5.41, 5.74) is 5.05. The van der Waals surface area contributed by atoms with Crippen molar-refractivity contribution in [2.45, 2.75) is 4.90 Å². The Hall–Kier alpha value is -2.94. The number of non-ortho nitro benzene ring substituents is 1. The van der Waals surface area contributed by atoms with Gasteiger partial charge in [0.05, 0.1) is 15.5 Å². The Morgan fingerprint density at radius 1 is 1.09 bits per heavy atom. The maximum atomic E-state index is 12.7. The first kappa shape index (κ1) is 16.4. The highest BCUT2D eigenvalue weighted by Gasteiger charge is 2.26. The summed E-state index contributed by atoms with van der Waals surface area (Å²) in [6.45, 7) is -0.574. The van der Waals surface area contributed by atoms with Gasteiger partial charge in [-0.1, -0.05) is 18.2 Å². The number of hydrogen-bond donors (Lipinski definition) is 1. The lowest BCUT2D eigenvalue weighted by molar-refractivity contribution is -0.384. The first-order valence-corrected chi connectivity index (χ1v) is 7.87. The average molecular weight is 335 g/mol. The van der Waals surface area contributed by atoms with Gasteiger partial charge < -0.3 is 5.73 Å². The average Bonchev–Trinajstić information content (AvgIpc) is 2.53. The third kappa shape index (κ3) is 3.64. The summed E-state index contributed by atoms with van der Waals surface area (Å²) >= 11 is 0. The Labute approximate surface area is 132 Å². The number of nitrogens with zero attached hydrogens (tertiary/aromatic N) is 2. The van der Waals surface area contributed by atoms with Gasteiger partial charge in [-0.25, -0.2) is 8.42 Å². The van der Waals surface area contributed by atoms with Crippen LogP contribution < -0.4 is 10.0 Å². The molecule has 0 radical (unpaired) electrons. The van der Waals surface area contributed by atoms with Crippen LogP contribution in [0, 0.1) is 10.1 Å². The Morgan fingerprint density at radius 3 is 2.13 bits per heavy atom. The highest BCUT2D eigenvalue weighted by atomic mass is 32.2. The zero-order valence-corrected chi connectivity index (χ0v) is 12.6. The molecule has 2 aromatic carbocycles. The summed E-state index contributed by atoms with van der Waals surface area (Å²) in [5, 5.41) is 10.7. The van der Waals surface area contributed by atoms with Crippen molar-refractivity contribution in [2.24, 2.45) is 5.73 Å². The monoisotopic (exact) mass is 335 g/mol. The minimum Gasteiger partial charge on any atom is -0.368 e. The molecule has 0 spiro atoms. The van der Waals surface area contributed by atoms with E-state index in [1.807, 2.05) is 0 Å². The van der Waals surface area contributed by atoms with Gasteiger partial charge >= 0.3 is 0 Å². The minimum atomic E-state index is -4.02. The van der Waals surface area contributed by atoms with E-state index in [-0.39, 0.29) is 16.3 Å². The first-order chi connectivity index (χ1) is 10.8. The van der Waals surface area contributed by atoms with Gasteiger partial charge in [0, 0.05) is 12.1 Å². The van der Waals surface area contributed by atoms with Gasteiger partial charge in [-0.05, 0) is 24.3 Å². The molecule has 2 aromatic rings. The zero-order chi connectivity index (χ0) is 17.0. The van der Waals surface area contributed by atoms with E-state index in [0.717, 1.165) is 16.4 Å². The maximum Gasteiger partial charge on any atom is 0.269 e. The van der Waals surface area contributed by atoms with Gasteiger partial charge in [0.15, 0.2) is 0 Å². The maximum absolute atomic E-state index is 12.7. The molecule has 2 N–H and O–H groups in total. The number of nitrogens with two attached hydrogens (primary N) is 1. The molecule has 120 valence electrons. The predicted molar refractivity (Wildman–Crippen MR) is 83.3 cm³/mol. The van der Waals surface area contributed by atoms with Crippen molar-refractivity contribution >= 4 is 27.3 Å². The first-order valence-electron chi connectivity index (χ1n) is 6.43. The SMILES string of the molecule is NC(=O)CN(c1ccc([N+](=O)[O-])cc1)S(=O)(=O)c1ccccc1. The van der Waals surface area contributed by atoms with Crippen LogP contribution in [0.15, 0.2) is 59.5 Å². The van der Waals surface area contributed by atoms with Crippen molar-refractivity contribution in [3.63, 3.8) is 0 Å². The van der Waals surface area contributed by atoms with Crippen LogP contribution in [0.1, 0.15) is 0 Å². The molecule has 23 heavy (non-hydrogen) atoms. The van der Waals surface area contributed by atoms with Gasteiger partial charge in [0.25, 0.3) is 15.7 Å². The third-order valence-corrected chi connectivity index (χ3v) is 4.77. The van der Waals surface area contributed by atoms with Crippen LogP contribution in [0.5, 0.6) is 0 Å². The second-order valence-electron chi connectivity index (χ2n) is 4.56. The van der Waals surface area contributed by atoms with Crippen LogP contribution in [-0.4, -0.2) is 25.8 Å². The summed E-state index contributed by atoms with van der Waals surface area (Å²) in [6.07, 6.45) is 0. The topological polar surface area (TPSA) is 124 Å². The fourth-order valence-corrected chi connectivity index (χ4v) is 3.37. The van der Waals surface area contributed by atoms with Gasteiger partial charge in [-0.3, -0.25) is 19.2 Å². The van der Waals surface area contributed by atoms with E-state index < -0.39 is 27.4 Å². The van der Waals surface area contributed by atoms with Gasteiger partial charge in [0.2, 0.25) is 5.91 Å². The molecule has 0 aromatic heterocycles. The van der Waals surface area contributed by atoms with Crippen LogP contribution in [0.3, 0.4) is 0 Å². The number of rotatable bonds is 6. The number of nitro benzene ring substituents is 1. The normalized spacial score (nSPS) is 11.0. The van der Waals surface area contributed by atoms with Crippen molar-refractivity contribution in [2.75, 3.05) is 10.8 Å². The molecule has 0 saturated heterocycles. The molecule has 1 amide bonds. The Morgan fingerprint density at radius 2 is 1.65 bits per heavy atom. The van der Waals surface area contributed by atoms with Crippen LogP contribution in [0.4, 0.5) is 11.4 Å². The molecule has 0 bridgehead atoms. The van der Waals surface area contributed by atoms with Crippen LogP contribution in [0.25, 0.3) is 0 Å². The second-order valence-corrected chi connectivity index (χ2v) is 6.43. The van der Waals surface area contributed by atoms with Gasteiger partial charge in [-0.15, -0.1) is 0 Å². The summed E-state index contributed by atoms with van der Waals surface area (Å²) < 4.78 is 26.2. The number of anilines is 1. The molecule has 0 saturated carbocycles. The highest BCUT2D eigenvalue weighted by molar-refractivity contribution is 7.92. The number of sulfonamides is 1. The number of nitro groups is 1. The molecule has 0 heterocycles. The number of amides is 1. The standard InChI is InChI=1S/C14H13N3O5S/c15-14(18)10-16(11-6-8-12(9-7-11)17(19)20)23(21,22)13-4-2-1-3-5-13/h1-9H,10H2,(H2,15,18). The molecule has 0 unspecified atom stereocenters. The van der Waals surface area contributed by atoms with E-state index in [2.05, 4.69) is 0 Å². The number of primary amides is 1. The van der Waals surface area contributed by atoms with Crippen molar-refractivity contribution in [3.8, 4) is 0 Å². The Balaban J connectivity index is 2.49. The molecule has 0 atom stereocenters. The van der Waals surface area contributed by atoms with Gasteiger partial charge in [0.1, 0.15) is 6.54 Å². The van der Waals surface area contributed by atoms with Gasteiger partial charge in [-0.2, -0.15) is 0 Å². The van der Waals surface area contributed by atoms with Crippen LogP contribution >= 0.6 is 0 Å². The molecule has 8 nitrogen and oxygen atoms in total. The lowest BCUT2D eigenvalue weighted by Gasteiger charge is -2.23. The fourth-order valence-electron chi connectivity index (χ4n) is 1.92. The summed E-state index contributed by atoms with van der Waals surface area (Å²) in [7, 11) is -4.02. The largest absolute Gasteiger partial charge is 0.368 e. The summed E-state index contributed by atoms with van der Waals surface area (Å²) in [4.78, 5) is 21.3. The Kier molecular flexibility index (Phi) is 4.60. The van der Waals surface area contributed by atoms with E-state index in [9.17, 15) is 23.3 Å².